The normalized spacial score (nSPS) is 51.7. The molecule has 0 amide bonds. The topological polar surface area (TPSA) is 21.3 Å². The first-order chi connectivity index (χ1) is 12.9. The summed E-state index contributed by atoms with van der Waals surface area (Å²) < 4.78 is 5.92. The first-order valence-corrected chi connectivity index (χ1v) is 11.3. The van der Waals surface area contributed by atoms with Crippen LogP contribution in [0, 0.1) is 34.0 Å². The second-order valence-electron chi connectivity index (χ2n) is 10.8. The largest absolute Gasteiger partial charge is 0.366 e. The molecule has 0 spiro atoms. The van der Waals surface area contributed by atoms with E-state index in [-0.39, 0.29) is 5.41 Å². The number of allylic oxidation sites excluding steroid dienone is 5. The lowest BCUT2D eigenvalue weighted by Crippen LogP contribution is -2.57. The Morgan fingerprint density at radius 2 is 1.93 bits per heavy atom. The van der Waals surface area contributed by atoms with E-state index >= 15 is 0 Å². The zero-order valence-corrected chi connectivity index (χ0v) is 17.5. The molecular weight excluding hydrogens is 330 g/mol. The van der Waals surface area contributed by atoms with Gasteiger partial charge in [-0.25, -0.2) is 0 Å². The van der Waals surface area contributed by atoms with Gasteiger partial charge in [0.1, 0.15) is 0 Å². The van der Waals surface area contributed by atoms with Gasteiger partial charge in [0.15, 0.2) is 0 Å². The Labute approximate surface area is 165 Å². The van der Waals surface area contributed by atoms with Gasteiger partial charge in [-0.15, -0.1) is 6.58 Å². The average Bonchev–Trinajstić information content (AvgIpc) is 2.80. The molecule has 0 aromatic rings. The Morgan fingerprint density at radius 3 is 2.74 bits per heavy atom. The fourth-order valence-electron chi connectivity index (χ4n) is 7.99. The molecule has 148 valence electrons. The summed E-state index contributed by atoms with van der Waals surface area (Å²) >= 11 is 0. The van der Waals surface area contributed by atoms with E-state index in [2.05, 4.69) is 50.9 Å². The predicted molar refractivity (Wildman–Crippen MR) is 111 cm³/mol. The van der Waals surface area contributed by atoms with E-state index in [0.29, 0.717) is 28.7 Å². The van der Waals surface area contributed by atoms with E-state index in [1.165, 1.54) is 44.9 Å². The van der Waals surface area contributed by atoms with Gasteiger partial charge in [0.05, 0.1) is 13.3 Å². The molecule has 1 aliphatic heterocycles. The third-order valence-corrected chi connectivity index (χ3v) is 10.0. The van der Waals surface area contributed by atoms with E-state index in [1.54, 1.807) is 11.1 Å². The minimum absolute atomic E-state index is 0.264. The van der Waals surface area contributed by atoms with Crippen molar-refractivity contribution in [3.05, 3.63) is 36.0 Å². The lowest BCUT2D eigenvalue weighted by atomic mass is 9.52. The molecule has 1 saturated heterocycles. The van der Waals surface area contributed by atoms with Gasteiger partial charge in [0, 0.05) is 11.5 Å². The molecule has 1 N–H and O–H groups in total. The average molecular weight is 368 g/mol. The van der Waals surface area contributed by atoms with E-state index < -0.39 is 0 Å². The third kappa shape index (κ3) is 2.32. The molecule has 2 saturated carbocycles. The lowest BCUT2D eigenvalue weighted by molar-refractivity contribution is -0.0736. The van der Waals surface area contributed by atoms with Crippen molar-refractivity contribution in [2.45, 2.75) is 71.8 Å². The van der Waals surface area contributed by atoms with Gasteiger partial charge in [0.2, 0.25) is 0 Å². The molecule has 4 aliphatic carbocycles. The van der Waals surface area contributed by atoms with Gasteiger partial charge < -0.3 is 4.74 Å². The summed E-state index contributed by atoms with van der Waals surface area (Å²) in [6.45, 7) is 13.5. The summed E-state index contributed by atoms with van der Waals surface area (Å²) in [5, 5.41) is 3.67. The molecule has 2 nitrogen and oxygen atoms in total. The Kier molecular flexibility index (Phi) is 4.09. The smallest absolute Gasteiger partial charge is 0.0967 e. The maximum absolute atomic E-state index is 5.92. The number of rotatable bonds is 1. The van der Waals surface area contributed by atoms with Crippen LogP contribution in [-0.4, -0.2) is 19.4 Å². The Bertz CT molecular complexity index is 707. The van der Waals surface area contributed by atoms with Gasteiger partial charge >= 0.3 is 0 Å². The number of fused-ring (bicyclic) bond motifs is 6. The maximum Gasteiger partial charge on any atom is 0.0967 e. The summed E-state index contributed by atoms with van der Waals surface area (Å²) in [5.74, 6) is 2.08. The van der Waals surface area contributed by atoms with Crippen molar-refractivity contribution in [3.8, 4) is 0 Å². The molecule has 0 bridgehead atoms. The van der Waals surface area contributed by atoms with Gasteiger partial charge in [-0.1, -0.05) is 44.6 Å². The Balaban J connectivity index is 1.51. The van der Waals surface area contributed by atoms with Crippen molar-refractivity contribution in [1.29, 1.82) is 0 Å². The third-order valence-electron chi connectivity index (χ3n) is 10.0. The fourth-order valence-corrected chi connectivity index (χ4v) is 7.99. The molecule has 0 aromatic carbocycles. The van der Waals surface area contributed by atoms with Gasteiger partial charge in [-0.2, -0.15) is 0 Å². The second-order valence-corrected chi connectivity index (χ2v) is 10.8. The molecule has 1 unspecified atom stereocenters. The van der Waals surface area contributed by atoms with Crippen LogP contribution in [0.4, 0.5) is 0 Å². The van der Waals surface area contributed by atoms with E-state index in [4.69, 9.17) is 4.74 Å². The monoisotopic (exact) mass is 367 g/mol. The molecule has 0 aromatic heterocycles. The van der Waals surface area contributed by atoms with Crippen LogP contribution in [0.15, 0.2) is 36.0 Å². The molecule has 7 atom stereocenters. The van der Waals surface area contributed by atoms with Crippen molar-refractivity contribution < 1.29 is 4.74 Å². The predicted octanol–water partition coefficient (Wildman–Crippen LogP) is 5.62. The highest BCUT2D eigenvalue weighted by Crippen LogP contribution is 2.67. The summed E-state index contributed by atoms with van der Waals surface area (Å²) in [6.07, 6.45) is 16.7. The molecule has 2 heteroatoms. The zero-order valence-electron chi connectivity index (χ0n) is 17.5. The maximum atomic E-state index is 5.92. The zero-order chi connectivity index (χ0) is 18.9. The van der Waals surface area contributed by atoms with Crippen molar-refractivity contribution in [1.82, 2.24) is 5.32 Å². The van der Waals surface area contributed by atoms with Crippen LogP contribution in [0.2, 0.25) is 0 Å². The fraction of sp³-hybridized carbons (Fsp3) is 0.760. The quantitative estimate of drug-likeness (QED) is 0.607. The van der Waals surface area contributed by atoms with Crippen molar-refractivity contribution >= 4 is 0 Å². The summed E-state index contributed by atoms with van der Waals surface area (Å²) in [6, 6.07) is 0.625. The molecular formula is C25H37NO. The van der Waals surface area contributed by atoms with Crippen LogP contribution in [0.3, 0.4) is 0 Å². The van der Waals surface area contributed by atoms with Crippen LogP contribution in [-0.2, 0) is 4.74 Å². The molecule has 27 heavy (non-hydrogen) atoms. The van der Waals surface area contributed by atoms with Crippen LogP contribution >= 0.6 is 0 Å². The standard InChI is InChI=1S/C25H37NO/c1-5-19-11-13-25(4)21-8-7-20-17(14-18(21)10-12-24(19,25)3)6-9-22-23(20,2)15-27-16-26-22/h5,10,14,19-22,26H,1,6-9,11-13,15-16H2,2-4H3/t19-,20+,21+,22?,23-,24+,25-/m0/s1. The Morgan fingerprint density at radius 1 is 1.11 bits per heavy atom. The van der Waals surface area contributed by atoms with E-state index in [0.717, 1.165) is 19.3 Å². The molecule has 3 fully saturated rings. The SMILES string of the molecule is C=C[C@H]1CC[C@@]2(C)[C@@H]3CC[C@@H]4C(=CC3=CC[C@]12C)CCC1NCOC[C@]14C. The van der Waals surface area contributed by atoms with E-state index in [1.807, 2.05) is 0 Å². The summed E-state index contributed by atoms with van der Waals surface area (Å²) in [5.41, 5.74) is 4.46. The van der Waals surface area contributed by atoms with Gasteiger partial charge in [-0.3, -0.25) is 5.32 Å². The van der Waals surface area contributed by atoms with Crippen LogP contribution in [0.5, 0.6) is 0 Å². The van der Waals surface area contributed by atoms with Crippen LogP contribution < -0.4 is 5.32 Å². The minimum atomic E-state index is 0.264. The first-order valence-electron chi connectivity index (χ1n) is 11.3. The minimum Gasteiger partial charge on any atom is -0.366 e. The lowest BCUT2D eigenvalue weighted by Gasteiger charge is -2.52. The van der Waals surface area contributed by atoms with Crippen molar-refractivity contribution in [2.24, 2.45) is 34.0 Å². The highest BCUT2D eigenvalue weighted by Gasteiger charge is 2.59. The number of nitrogens with one attached hydrogen (secondary N) is 1. The van der Waals surface area contributed by atoms with Gasteiger partial charge in [-0.05, 0) is 79.1 Å². The highest BCUT2D eigenvalue weighted by atomic mass is 16.5. The van der Waals surface area contributed by atoms with Crippen LogP contribution in [0.1, 0.15) is 65.7 Å². The first kappa shape index (κ1) is 18.2. The van der Waals surface area contributed by atoms with Crippen LogP contribution in [0.25, 0.3) is 0 Å². The highest BCUT2D eigenvalue weighted by molar-refractivity contribution is 5.37. The second kappa shape index (κ2) is 6.07. The molecule has 5 rings (SSSR count). The molecule has 0 radical (unpaired) electrons. The number of ether oxygens (including phenoxy) is 1. The van der Waals surface area contributed by atoms with Crippen molar-refractivity contribution in [3.63, 3.8) is 0 Å². The van der Waals surface area contributed by atoms with Gasteiger partial charge in [0.25, 0.3) is 0 Å². The summed E-state index contributed by atoms with van der Waals surface area (Å²) in [4.78, 5) is 0. The molecule has 5 aliphatic rings. The molecule has 1 heterocycles. The van der Waals surface area contributed by atoms with E-state index in [9.17, 15) is 0 Å². The Hall–Kier alpha value is -0.860. The summed E-state index contributed by atoms with van der Waals surface area (Å²) in [7, 11) is 0. The number of hydrogen-bond donors (Lipinski definition) is 1. The number of hydrogen-bond acceptors (Lipinski definition) is 2. The van der Waals surface area contributed by atoms with Crippen molar-refractivity contribution in [2.75, 3.05) is 13.3 Å².